The minimum Gasteiger partial charge on any atom is -0.480 e. The van der Waals surface area contributed by atoms with Gasteiger partial charge in [-0.1, -0.05) is 103 Å². The third-order valence-electron chi connectivity index (χ3n) is 15.1. The van der Waals surface area contributed by atoms with Gasteiger partial charge in [-0.2, -0.15) is 0 Å². The van der Waals surface area contributed by atoms with Crippen LogP contribution in [0.4, 0.5) is 0 Å². The number of aliphatic hydroxyl groups is 1. The molecule has 0 aromatic heterocycles. The van der Waals surface area contributed by atoms with E-state index in [1.165, 1.54) is 64.2 Å². The van der Waals surface area contributed by atoms with E-state index in [-0.39, 0.29) is 41.5 Å². The van der Waals surface area contributed by atoms with Gasteiger partial charge in [0.15, 0.2) is 0 Å². The quantitative estimate of drug-likeness (QED) is 0.0512. The van der Waals surface area contributed by atoms with Crippen molar-refractivity contribution in [1.29, 1.82) is 0 Å². The molecule has 0 aromatic rings. The van der Waals surface area contributed by atoms with E-state index in [0.29, 0.717) is 54.8 Å². The second-order valence-electron chi connectivity index (χ2n) is 18.6. The number of aliphatic carboxylic acids is 1. The number of hydrogen-bond acceptors (Lipinski definition) is 5. The van der Waals surface area contributed by atoms with Gasteiger partial charge < -0.3 is 20.3 Å². The highest BCUT2D eigenvalue weighted by Gasteiger charge is 2.63. The summed E-state index contributed by atoms with van der Waals surface area (Å²) in [5.74, 6) is 1.56. The topological polar surface area (TPSA) is 113 Å². The van der Waals surface area contributed by atoms with Gasteiger partial charge in [0, 0.05) is 12.8 Å². The van der Waals surface area contributed by atoms with E-state index in [2.05, 4.69) is 69.5 Å². The van der Waals surface area contributed by atoms with Crippen LogP contribution in [0.3, 0.4) is 0 Å². The van der Waals surface area contributed by atoms with E-state index >= 15 is 0 Å². The van der Waals surface area contributed by atoms with Crippen molar-refractivity contribution in [3.8, 4) is 0 Å². The van der Waals surface area contributed by atoms with E-state index in [4.69, 9.17) is 9.84 Å². The number of allylic oxidation sites excluding steroid dienone is 6. The fourth-order valence-corrected chi connectivity index (χ4v) is 11.8. The third-order valence-corrected chi connectivity index (χ3v) is 15.1. The molecule has 0 spiro atoms. The Morgan fingerprint density at radius 1 is 0.782 bits per heavy atom. The molecule has 0 aliphatic heterocycles. The van der Waals surface area contributed by atoms with Gasteiger partial charge in [0.05, 0.1) is 6.10 Å². The first-order chi connectivity index (χ1) is 26.5. The number of esters is 1. The van der Waals surface area contributed by atoms with Crippen LogP contribution < -0.4 is 5.32 Å². The molecule has 0 aromatic carbocycles. The summed E-state index contributed by atoms with van der Waals surface area (Å²) in [6.07, 6.45) is 38.7. The summed E-state index contributed by atoms with van der Waals surface area (Å²) >= 11 is 0. The number of unbranched alkanes of at least 4 members (excludes halogenated alkanes) is 9. The molecule has 1 amide bonds. The zero-order valence-corrected chi connectivity index (χ0v) is 35.3. The maximum atomic E-state index is 12.9. The summed E-state index contributed by atoms with van der Waals surface area (Å²) in [5.41, 5.74) is 0.0332. The average molecular weight is 766 g/mol. The molecule has 55 heavy (non-hydrogen) atoms. The molecular formula is C48H79NO6. The van der Waals surface area contributed by atoms with Crippen molar-refractivity contribution >= 4 is 17.8 Å². The summed E-state index contributed by atoms with van der Waals surface area (Å²) in [6.45, 7) is 8.95. The average Bonchev–Trinajstić information content (AvgIpc) is 3.53. The van der Waals surface area contributed by atoms with Crippen molar-refractivity contribution in [2.75, 3.05) is 6.54 Å². The molecule has 4 saturated carbocycles. The summed E-state index contributed by atoms with van der Waals surface area (Å²) in [7, 11) is 0. The van der Waals surface area contributed by atoms with Gasteiger partial charge in [-0.25, -0.2) is 0 Å². The van der Waals surface area contributed by atoms with Gasteiger partial charge >= 0.3 is 11.9 Å². The van der Waals surface area contributed by atoms with Crippen molar-refractivity contribution in [3.05, 3.63) is 36.5 Å². The maximum absolute atomic E-state index is 12.9. The Morgan fingerprint density at radius 3 is 2.13 bits per heavy atom. The normalized spacial score (nSPS) is 32.3. The van der Waals surface area contributed by atoms with Crippen LogP contribution in [0.2, 0.25) is 0 Å². The predicted molar refractivity (Wildman–Crippen MR) is 223 cm³/mol. The van der Waals surface area contributed by atoms with Crippen molar-refractivity contribution < 1.29 is 29.3 Å². The van der Waals surface area contributed by atoms with E-state index in [1.54, 1.807) is 0 Å². The number of carboxylic acids is 1. The fraction of sp³-hybridized carbons (Fsp3) is 0.812. The number of nitrogens with one attached hydrogen (secondary N) is 1. The molecule has 4 aliphatic carbocycles. The minimum absolute atomic E-state index is 0.0150. The molecule has 7 nitrogen and oxygen atoms in total. The molecular weight excluding hydrogens is 687 g/mol. The second-order valence-corrected chi connectivity index (χ2v) is 18.6. The first-order valence-electron chi connectivity index (χ1n) is 22.8. The van der Waals surface area contributed by atoms with Crippen molar-refractivity contribution in [1.82, 2.24) is 5.32 Å². The van der Waals surface area contributed by atoms with Crippen LogP contribution in [0.5, 0.6) is 0 Å². The molecule has 0 radical (unpaired) electrons. The van der Waals surface area contributed by atoms with E-state index in [1.807, 2.05) is 0 Å². The van der Waals surface area contributed by atoms with Gasteiger partial charge in [-0.05, 0) is 149 Å². The van der Waals surface area contributed by atoms with Gasteiger partial charge in [0.25, 0.3) is 0 Å². The number of hydrogen-bond donors (Lipinski definition) is 3. The molecule has 3 N–H and O–H groups in total. The number of carboxylic acid groups (broad SMARTS) is 1. The third kappa shape index (κ3) is 13.1. The Labute approximate surface area is 335 Å². The van der Waals surface area contributed by atoms with E-state index in [9.17, 15) is 19.5 Å². The highest BCUT2D eigenvalue weighted by Crippen LogP contribution is 2.68. The van der Waals surface area contributed by atoms with Crippen molar-refractivity contribution in [2.45, 2.75) is 194 Å². The first kappa shape index (κ1) is 45.3. The number of rotatable bonds is 24. The number of amides is 1. The lowest BCUT2D eigenvalue weighted by atomic mass is 9.43. The maximum Gasteiger partial charge on any atom is 0.322 e. The zero-order chi connectivity index (χ0) is 39.7. The zero-order valence-electron chi connectivity index (χ0n) is 35.3. The van der Waals surface area contributed by atoms with E-state index in [0.717, 1.165) is 70.6 Å². The molecule has 312 valence electrons. The molecule has 10 unspecified atom stereocenters. The summed E-state index contributed by atoms with van der Waals surface area (Å²) in [4.78, 5) is 36.0. The number of aliphatic hydroxyl groups excluding tert-OH is 1. The standard InChI is InChI=1S/C48H79NO6/c1-5-6-7-8-9-10-11-12-13-14-15-16-17-18-19-20-21-22-23-24-46(54)55-38-31-32-47(3)37(33-38)26-27-39-41-29-28-40(48(41,4)43(50)34-42(39)47)36(2)25-30-44(51)49-35-45(52)53/h9-10,12-13,15-16,36-43,50H,5-8,11,14,17-35H2,1-4H3,(H,49,51)(H,52,53)/b10-9-,13-12-,16-15-. The summed E-state index contributed by atoms with van der Waals surface area (Å²) < 4.78 is 6.11. The minimum atomic E-state index is -1.03. The molecule has 10 atom stereocenters. The summed E-state index contributed by atoms with van der Waals surface area (Å²) in [5, 5.41) is 23.3. The van der Waals surface area contributed by atoms with Gasteiger partial charge in [-0.3, -0.25) is 14.4 Å². The largest absolute Gasteiger partial charge is 0.480 e. The smallest absolute Gasteiger partial charge is 0.322 e. The van der Waals surface area contributed by atoms with Crippen molar-refractivity contribution in [2.24, 2.45) is 46.3 Å². The number of carbonyl (C=O) groups excluding carboxylic acids is 2. The highest BCUT2D eigenvalue weighted by molar-refractivity contribution is 5.81. The van der Waals surface area contributed by atoms with Crippen LogP contribution in [0, 0.1) is 46.3 Å². The number of ether oxygens (including phenoxy) is 1. The Kier molecular flexibility index (Phi) is 19.0. The molecule has 4 fully saturated rings. The Bertz CT molecular complexity index is 1270. The van der Waals surface area contributed by atoms with Crippen LogP contribution >= 0.6 is 0 Å². The molecule has 0 bridgehead atoms. The van der Waals surface area contributed by atoms with Gasteiger partial charge in [-0.15, -0.1) is 0 Å². The Balaban J connectivity index is 1.09. The SMILES string of the molecule is CCCCC/C=C\C/C=C\C/C=C\CCCCCCCCC(=O)OC1CCC2(C)C(CCC3C2CC(O)C2(C)C(C(C)CCC(=O)NCC(=O)O)CCC32)C1. The van der Waals surface area contributed by atoms with Crippen LogP contribution in [0.15, 0.2) is 36.5 Å². The van der Waals surface area contributed by atoms with Gasteiger partial charge in [0.1, 0.15) is 12.6 Å². The predicted octanol–water partition coefficient (Wildman–Crippen LogP) is 11.3. The molecule has 4 rings (SSSR count). The molecule has 0 saturated heterocycles. The molecule has 0 heterocycles. The Hall–Kier alpha value is -2.41. The lowest BCUT2D eigenvalue weighted by Gasteiger charge is -2.62. The fourth-order valence-electron chi connectivity index (χ4n) is 11.8. The summed E-state index contributed by atoms with van der Waals surface area (Å²) in [6, 6.07) is 0. The van der Waals surface area contributed by atoms with Crippen LogP contribution in [0.25, 0.3) is 0 Å². The second kappa shape index (κ2) is 23.1. The van der Waals surface area contributed by atoms with Crippen LogP contribution in [0.1, 0.15) is 182 Å². The Morgan fingerprint density at radius 2 is 1.44 bits per heavy atom. The van der Waals surface area contributed by atoms with Gasteiger partial charge in [0.2, 0.25) is 5.91 Å². The monoisotopic (exact) mass is 766 g/mol. The van der Waals surface area contributed by atoms with Crippen LogP contribution in [-0.4, -0.2) is 46.8 Å². The first-order valence-corrected chi connectivity index (χ1v) is 22.8. The lowest BCUT2D eigenvalue weighted by Crippen LogP contribution is -2.59. The van der Waals surface area contributed by atoms with E-state index < -0.39 is 5.97 Å². The number of fused-ring (bicyclic) bond motifs is 5. The van der Waals surface area contributed by atoms with Crippen molar-refractivity contribution in [3.63, 3.8) is 0 Å². The highest BCUT2D eigenvalue weighted by atomic mass is 16.5. The number of carbonyl (C=O) groups is 3. The lowest BCUT2D eigenvalue weighted by molar-refractivity contribution is -0.181. The molecule has 4 aliphatic rings. The van der Waals surface area contributed by atoms with Crippen LogP contribution in [-0.2, 0) is 19.1 Å². The molecule has 7 heteroatoms.